The summed E-state index contributed by atoms with van der Waals surface area (Å²) in [4.78, 5) is 11.2. The largest absolute Gasteiger partial charge is 0.453 e. The molecule has 0 heterocycles. The first kappa shape index (κ1) is 18.2. The summed E-state index contributed by atoms with van der Waals surface area (Å²) in [5.41, 5.74) is 0.969. The lowest BCUT2D eigenvalue weighted by molar-refractivity contribution is 0.163. The van der Waals surface area contributed by atoms with Crippen LogP contribution in [0.15, 0.2) is 16.6 Å². The van der Waals surface area contributed by atoms with Crippen LogP contribution in [0.2, 0.25) is 5.02 Å². The van der Waals surface area contributed by atoms with E-state index in [0.717, 1.165) is 0 Å². The second kappa shape index (κ2) is 7.45. The van der Waals surface area contributed by atoms with E-state index in [4.69, 9.17) is 11.6 Å². The first-order valence-corrected chi connectivity index (χ1v) is 7.58. The zero-order valence-corrected chi connectivity index (χ0v) is 14.8. The number of carbonyl (C=O) groups excluding carboxylic acids is 1. The maximum absolute atomic E-state index is 11.2. The Balaban J connectivity index is 2.89. The number of ether oxygens (including phenoxy) is 1. The molecule has 0 saturated heterocycles. The summed E-state index contributed by atoms with van der Waals surface area (Å²) in [6.07, 6.45) is -1.31. The van der Waals surface area contributed by atoms with E-state index in [2.05, 4.69) is 31.3 Å². The molecule has 1 unspecified atom stereocenters. The highest BCUT2D eigenvalue weighted by Crippen LogP contribution is 2.34. The highest BCUT2D eigenvalue weighted by molar-refractivity contribution is 9.10. The van der Waals surface area contributed by atoms with E-state index in [1.807, 2.05) is 20.8 Å². The Morgan fingerprint density at radius 3 is 2.57 bits per heavy atom. The van der Waals surface area contributed by atoms with Gasteiger partial charge in [0.2, 0.25) is 0 Å². The molecular formula is C14H20BrClN2O3. The minimum atomic E-state index is -0.704. The van der Waals surface area contributed by atoms with Gasteiger partial charge in [0.05, 0.1) is 23.9 Å². The van der Waals surface area contributed by atoms with Crippen molar-refractivity contribution in [2.45, 2.75) is 32.4 Å². The van der Waals surface area contributed by atoms with E-state index in [0.29, 0.717) is 27.3 Å². The second-order valence-corrected chi connectivity index (χ2v) is 6.88. The quantitative estimate of drug-likeness (QED) is 0.746. The molecule has 1 aromatic carbocycles. The van der Waals surface area contributed by atoms with Gasteiger partial charge in [0.25, 0.3) is 0 Å². The molecule has 21 heavy (non-hydrogen) atoms. The number of aliphatic hydroxyl groups is 1. The Morgan fingerprint density at radius 2 is 2.10 bits per heavy atom. The van der Waals surface area contributed by atoms with E-state index >= 15 is 0 Å². The molecule has 0 aromatic heterocycles. The second-order valence-electron chi connectivity index (χ2n) is 5.62. The van der Waals surface area contributed by atoms with E-state index < -0.39 is 12.2 Å². The highest BCUT2D eigenvalue weighted by Gasteiger charge is 2.17. The smallest absolute Gasteiger partial charge is 0.411 e. The highest BCUT2D eigenvalue weighted by atomic mass is 79.9. The van der Waals surface area contributed by atoms with Gasteiger partial charge in [-0.1, -0.05) is 11.6 Å². The van der Waals surface area contributed by atoms with Crippen LogP contribution in [-0.2, 0) is 4.74 Å². The molecule has 0 aliphatic rings. The number of benzene rings is 1. The molecule has 7 heteroatoms. The molecule has 1 amide bonds. The third-order valence-electron chi connectivity index (χ3n) is 2.69. The summed E-state index contributed by atoms with van der Waals surface area (Å²) in [5.74, 6) is 0. The van der Waals surface area contributed by atoms with Gasteiger partial charge in [-0.05, 0) is 54.4 Å². The zero-order valence-electron chi connectivity index (χ0n) is 12.5. The summed E-state index contributed by atoms with van der Waals surface area (Å²) in [7, 11) is 1.27. The third-order valence-corrected chi connectivity index (χ3v) is 3.61. The lowest BCUT2D eigenvalue weighted by atomic mass is 10.1. The number of hydrogen-bond donors (Lipinski definition) is 3. The van der Waals surface area contributed by atoms with E-state index in [1.165, 1.54) is 7.11 Å². The topological polar surface area (TPSA) is 70.6 Å². The molecular weight excluding hydrogens is 360 g/mol. The average Bonchev–Trinajstić information content (AvgIpc) is 2.38. The lowest BCUT2D eigenvalue weighted by Crippen LogP contribution is -2.38. The van der Waals surface area contributed by atoms with Crippen LogP contribution in [0.25, 0.3) is 0 Å². The standard InChI is InChI=1S/C14H20BrClN2O3/c1-14(2,3)17-7-11(19)8-5-9(15)12(10(16)6-8)18-13(20)21-4/h5-6,11,17,19H,7H2,1-4H3,(H,18,20). The molecule has 3 N–H and O–H groups in total. The number of methoxy groups -OCH3 is 1. The molecule has 0 bridgehead atoms. The zero-order chi connectivity index (χ0) is 16.2. The molecule has 0 aliphatic carbocycles. The number of hydrogen-bond acceptors (Lipinski definition) is 4. The fourth-order valence-electron chi connectivity index (χ4n) is 1.58. The van der Waals surface area contributed by atoms with Crippen molar-refractivity contribution in [2.24, 2.45) is 0 Å². The van der Waals surface area contributed by atoms with Gasteiger partial charge in [0.15, 0.2) is 0 Å². The summed E-state index contributed by atoms with van der Waals surface area (Å²) in [5, 5.41) is 16.2. The number of halogens is 2. The number of anilines is 1. The van der Waals surface area contributed by atoms with Crippen LogP contribution in [0.3, 0.4) is 0 Å². The first-order valence-electron chi connectivity index (χ1n) is 6.41. The van der Waals surface area contributed by atoms with Crippen molar-refractivity contribution in [3.63, 3.8) is 0 Å². The van der Waals surface area contributed by atoms with Crippen LogP contribution >= 0.6 is 27.5 Å². The van der Waals surface area contributed by atoms with Crippen LogP contribution in [0.4, 0.5) is 10.5 Å². The van der Waals surface area contributed by atoms with Gasteiger partial charge in [-0.3, -0.25) is 5.32 Å². The normalized spacial score (nSPS) is 12.9. The molecule has 1 rings (SSSR count). The van der Waals surface area contributed by atoms with Crippen molar-refractivity contribution in [1.29, 1.82) is 0 Å². The molecule has 1 atom stereocenters. The number of carbonyl (C=O) groups is 1. The number of amides is 1. The molecule has 0 radical (unpaired) electrons. The minimum absolute atomic E-state index is 0.0889. The average molecular weight is 380 g/mol. The molecule has 5 nitrogen and oxygen atoms in total. The number of β-amino-alcohol motifs (C(OH)–C–C–N with tert-alkyl or cyclic N) is 1. The summed E-state index contributed by atoms with van der Waals surface area (Å²) in [6, 6.07) is 3.33. The van der Waals surface area contributed by atoms with Gasteiger partial charge in [-0.15, -0.1) is 0 Å². The van der Waals surface area contributed by atoms with Crippen LogP contribution in [-0.4, -0.2) is 30.4 Å². The lowest BCUT2D eigenvalue weighted by Gasteiger charge is -2.23. The summed E-state index contributed by atoms with van der Waals surface area (Å²) in [6.45, 7) is 6.46. The van der Waals surface area contributed by atoms with E-state index in [9.17, 15) is 9.90 Å². The van der Waals surface area contributed by atoms with Crippen molar-refractivity contribution in [3.05, 3.63) is 27.2 Å². The maximum atomic E-state index is 11.2. The number of nitrogens with one attached hydrogen (secondary N) is 2. The molecule has 0 spiro atoms. The van der Waals surface area contributed by atoms with Gasteiger partial charge in [-0.25, -0.2) is 4.79 Å². The molecule has 118 valence electrons. The minimum Gasteiger partial charge on any atom is -0.453 e. The van der Waals surface area contributed by atoms with Crippen LogP contribution in [0.5, 0.6) is 0 Å². The maximum Gasteiger partial charge on any atom is 0.411 e. The van der Waals surface area contributed by atoms with Crippen molar-refractivity contribution in [1.82, 2.24) is 5.32 Å². The van der Waals surface area contributed by atoms with Gasteiger partial charge in [0.1, 0.15) is 0 Å². The Hall–Kier alpha value is -0.820. The Morgan fingerprint density at radius 1 is 1.48 bits per heavy atom. The molecule has 0 aliphatic heterocycles. The van der Waals surface area contributed by atoms with Crippen LogP contribution in [0.1, 0.15) is 32.4 Å². The fourth-order valence-corrected chi connectivity index (χ4v) is 2.54. The SMILES string of the molecule is COC(=O)Nc1c(Cl)cc(C(O)CNC(C)(C)C)cc1Br. The van der Waals surface area contributed by atoms with Crippen molar-refractivity contribution in [2.75, 3.05) is 19.0 Å². The molecule has 0 fully saturated rings. The summed E-state index contributed by atoms with van der Waals surface area (Å²) < 4.78 is 5.10. The monoisotopic (exact) mass is 378 g/mol. The molecule has 1 aromatic rings. The Bertz CT molecular complexity index is 494. The Labute approximate surface area is 138 Å². The third kappa shape index (κ3) is 5.82. The Kier molecular flexibility index (Phi) is 6.46. The fraction of sp³-hybridized carbons (Fsp3) is 0.500. The number of aliphatic hydroxyl groups excluding tert-OH is 1. The van der Waals surface area contributed by atoms with Crippen molar-refractivity contribution >= 4 is 39.3 Å². The molecule has 0 saturated carbocycles. The van der Waals surface area contributed by atoms with Gasteiger partial charge >= 0.3 is 6.09 Å². The summed E-state index contributed by atoms with van der Waals surface area (Å²) >= 11 is 9.47. The van der Waals surface area contributed by atoms with E-state index in [-0.39, 0.29) is 5.54 Å². The van der Waals surface area contributed by atoms with Gasteiger partial charge in [0, 0.05) is 16.6 Å². The predicted octanol–water partition coefficient (Wildman–Crippen LogP) is 3.70. The first-order chi connectivity index (χ1) is 9.64. The van der Waals surface area contributed by atoms with E-state index in [1.54, 1.807) is 12.1 Å². The number of rotatable bonds is 4. The van der Waals surface area contributed by atoms with Gasteiger partial charge in [-0.2, -0.15) is 0 Å². The van der Waals surface area contributed by atoms with Crippen LogP contribution in [0, 0.1) is 0 Å². The van der Waals surface area contributed by atoms with Gasteiger partial charge < -0.3 is 15.2 Å². The van der Waals surface area contributed by atoms with Crippen molar-refractivity contribution in [3.8, 4) is 0 Å². The van der Waals surface area contributed by atoms with Crippen molar-refractivity contribution < 1.29 is 14.6 Å². The van der Waals surface area contributed by atoms with Crippen LogP contribution < -0.4 is 10.6 Å². The predicted molar refractivity (Wildman–Crippen MR) is 87.9 cm³/mol.